The molecule has 0 fully saturated rings. The Balaban J connectivity index is 2.97. The molecule has 1 rings (SSSR count). The average Bonchev–Trinajstić information content (AvgIpc) is 2.03. The van der Waals surface area contributed by atoms with E-state index in [1.807, 2.05) is 18.2 Å². The van der Waals surface area contributed by atoms with Gasteiger partial charge in [0, 0.05) is 0 Å². The van der Waals surface area contributed by atoms with Crippen LogP contribution in [0.15, 0.2) is 42.6 Å². The predicted molar refractivity (Wildman–Crippen MR) is 47.4 cm³/mol. The lowest BCUT2D eigenvalue weighted by Gasteiger charge is -1.84. The summed E-state index contributed by atoms with van der Waals surface area (Å²) in [6.07, 6.45) is 0. The third-order valence-electron chi connectivity index (χ3n) is 1.14. The average molecular weight is 144 g/mol. The van der Waals surface area contributed by atoms with Crippen molar-refractivity contribution in [3.8, 4) is 0 Å². The van der Waals surface area contributed by atoms with E-state index < -0.39 is 0 Å². The highest BCUT2D eigenvalue weighted by Crippen LogP contribution is 1.77. The number of hydrogen-bond acceptors (Lipinski definition) is 0. The molecule has 0 amide bonds. The lowest BCUT2D eigenvalue weighted by molar-refractivity contribution is 1.77. The first-order chi connectivity index (χ1) is 4.93. The van der Waals surface area contributed by atoms with Gasteiger partial charge in [0.2, 0.25) is 0 Å². The van der Waals surface area contributed by atoms with Crippen molar-refractivity contribution in [1.82, 2.24) is 0 Å². The second kappa shape index (κ2) is 3.81. The first-order valence-electron chi connectivity index (χ1n) is 3.09. The van der Waals surface area contributed by atoms with Gasteiger partial charge in [-0.2, -0.15) is 0 Å². The minimum atomic E-state index is 0.123. The molecule has 0 aliphatic rings. The Labute approximate surface area is 63.0 Å². The van der Waals surface area contributed by atoms with Crippen LogP contribution in [0.3, 0.4) is 0 Å². The zero-order valence-corrected chi connectivity index (χ0v) is 6.83. The molecule has 0 saturated carbocycles. The normalized spacial score (nSPS) is 7.60. The van der Waals surface area contributed by atoms with Crippen LogP contribution < -0.4 is 5.19 Å². The van der Waals surface area contributed by atoms with Crippen LogP contribution in [-0.2, 0) is 0 Å². The fraction of sp³-hybridized carbons (Fsp3) is 0. The van der Waals surface area contributed by atoms with E-state index in [1.165, 1.54) is 5.19 Å². The van der Waals surface area contributed by atoms with Crippen molar-refractivity contribution in [2.75, 3.05) is 0 Å². The van der Waals surface area contributed by atoms with Gasteiger partial charge in [0.25, 0.3) is 0 Å². The van der Waals surface area contributed by atoms with Crippen molar-refractivity contribution < 1.29 is 0 Å². The van der Waals surface area contributed by atoms with Crippen molar-refractivity contribution >= 4 is 19.6 Å². The SMILES string of the molecule is C=C=C=[SiH]c1ccccc1. The summed E-state index contributed by atoms with van der Waals surface area (Å²) in [4.78, 5) is 0. The molecule has 0 atom stereocenters. The lowest BCUT2D eigenvalue weighted by atomic mass is 10.4. The largest absolute Gasteiger partial charge is 0.107 e. The topological polar surface area (TPSA) is 0 Å². The van der Waals surface area contributed by atoms with Crippen LogP contribution in [-0.4, -0.2) is 14.5 Å². The van der Waals surface area contributed by atoms with Gasteiger partial charge >= 0.3 is 0 Å². The molecule has 1 heteroatoms. The molecule has 0 unspecified atom stereocenters. The smallest absolute Gasteiger partial charge is 0.0951 e. The molecule has 0 saturated heterocycles. The minimum absolute atomic E-state index is 0.123. The van der Waals surface area contributed by atoms with Gasteiger partial charge < -0.3 is 0 Å². The Bertz CT molecular complexity index is 275. The molecule has 0 aliphatic heterocycles. The highest BCUT2D eigenvalue weighted by atomic mass is 28.2. The molecule has 0 N–H and O–H groups in total. The first-order valence-corrected chi connectivity index (χ1v) is 4.25. The van der Waals surface area contributed by atoms with Crippen molar-refractivity contribution in [2.45, 2.75) is 0 Å². The van der Waals surface area contributed by atoms with Crippen LogP contribution in [0.25, 0.3) is 0 Å². The maximum absolute atomic E-state index is 3.46. The van der Waals surface area contributed by atoms with Gasteiger partial charge in [-0.15, -0.1) is 5.33 Å². The molecule has 0 bridgehead atoms. The summed E-state index contributed by atoms with van der Waals surface area (Å²) < 4.78 is 0. The van der Waals surface area contributed by atoms with Gasteiger partial charge in [-0.25, -0.2) is 0 Å². The van der Waals surface area contributed by atoms with E-state index in [2.05, 4.69) is 29.8 Å². The van der Waals surface area contributed by atoms with Crippen molar-refractivity contribution in [2.24, 2.45) is 0 Å². The van der Waals surface area contributed by atoms with Gasteiger partial charge in [-0.1, -0.05) is 36.1 Å². The zero-order valence-electron chi connectivity index (χ0n) is 5.67. The zero-order chi connectivity index (χ0) is 7.23. The van der Waals surface area contributed by atoms with Crippen LogP contribution in [0.5, 0.6) is 0 Å². The summed E-state index contributed by atoms with van der Waals surface area (Å²) >= 11 is 0. The Morgan fingerprint density at radius 1 is 1.20 bits per heavy atom. The van der Waals surface area contributed by atoms with Gasteiger partial charge in [0.05, 0.1) is 9.13 Å². The van der Waals surface area contributed by atoms with Gasteiger partial charge in [-0.3, -0.25) is 0 Å². The molecular weight excluding hydrogens is 136 g/mol. The molecule has 0 aliphatic carbocycles. The van der Waals surface area contributed by atoms with Crippen molar-refractivity contribution in [3.63, 3.8) is 0 Å². The number of rotatable bonds is 1. The molecule has 10 heavy (non-hydrogen) atoms. The molecule has 1 aromatic rings. The maximum Gasteiger partial charge on any atom is 0.0951 e. The van der Waals surface area contributed by atoms with Crippen molar-refractivity contribution in [1.29, 1.82) is 0 Å². The highest BCUT2D eigenvalue weighted by molar-refractivity contribution is 6.59. The third-order valence-corrected chi connectivity index (χ3v) is 2.21. The second-order valence-corrected chi connectivity index (χ2v) is 3.12. The van der Waals surface area contributed by atoms with Gasteiger partial charge in [-0.05, 0) is 11.8 Å². The van der Waals surface area contributed by atoms with E-state index in [4.69, 9.17) is 0 Å². The first kappa shape index (κ1) is 6.98. The standard InChI is InChI=1S/C9H8Si/c1-2-8-10-9-6-4-3-5-7-9/h3-7,10H,1H2. The quantitative estimate of drug-likeness (QED) is 0.397. The molecule has 0 spiro atoms. The third kappa shape index (κ3) is 2.00. The monoisotopic (exact) mass is 144 g/mol. The summed E-state index contributed by atoms with van der Waals surface area (Å²) in [7, 11) is 0.123. The number of hydrogen-bond donors (Lipinski definition) is 0. The Hall–Kier alpha value is -1.13. The van der Waals surface area contributed by atoms with Crippen LogP contribution in [0.4, 0.5) is 0 Å². The van der Waals surface area contributed by atoms with E-state index in [0.717, 1.165) is 0 Å². The van der Waals surface area contributed by atoms with Gasteiger partial charge in [0.15, 0.2) is 0 Å². The minimum Gasteiger partial charge on any atom is -0.107 e. The molecule has 0 radical (unpaired) electrons. The van der Waals surface area contributed by atoms with E-state index in [0.29, 0.717) is 0 Å². The maximum atomic E-state index is 3.46. The molecular formula is C9H8Si. The molecule has 48 valence electrons. The summed E-state index contributed by atoms with van der Waals surface area (Å²) in [5.41, 5.74) is 2.65. The lowest BCUT2D eigenvalue weighted by Crippen LogP contribution is -2.04. The molecule has 0 nitrogen and oxygen atoms in total. The summed E-state index contributed by atoms with van der Waals surface area (Å²) in [5, 5.41) is 4.32. The molecule has 1 aromatic carbocycles. The van der Waals surface area contributed by atoms with E-state index in [-0.39, 0.29) is 9.13 Å². The molecule has 0 aromatic heterocycles. The van der Waals surface area contributed by atoms with Crippen LogP contribution >= 0.6 is 0 Å². The van der Waals surface area contributed by atoms with Crippen LogP contribution in [0, 0.1) is 0 Å². The summed E-state index contributed by atoms with van der Waals surface area (Å²) in [6.45, 7) is 3.46. The Kier molecular flexibility index (Phi) is 2.66. The summed E-state index contributed by atoms with van der Waals surface area (Å²) in [6, 6.07) is 10.3. The summed E-state index contributed by atoms with van der Waals surface area (Å²) in [5.74, 6) is 0. The van der Waals surface area contributed by atoms with E-state index in [1.54, 1.807) is 0 Å². The number of benzene rings is 1. The highest BCUT2D eigenvalue weighted by Gasteiger charge is 1.78. The van der Waals surface area contributed by atoms with Gasteiger partial charge in [0.1, 0.15) is 0 Å². The van der Waals surface area contributed by atoms with Crippen LogP contribution in [0.1, 0.15) is 0 Å². The van der Waals surface area contributed by atoms with E-state index >= 15 is 0 Å². The predicted octanol–water partition coefficient (Wildman–Crippen LogP) is 0.491. The van der Waals surface area contributed by atoms with E-state index in [9.17, 15) is 0 Å². The van der Waals surface area contributed by atoms with Crippen LogP contribution in [0.2, 0.25) is 0 Å². The fourth-order valence-electron chi connectivity index (χ4n) is 0.684. The Morgan fingerprint density at radius 2 is 1.90 bits per heavy atom. The second-order valence-electron chi connectivity index (χ2n) is 1.88. The molecule has 0 heterocycles. The van der Waals surface area contributed by atoms with Crippen molar-refractivity contribution in [3.05, 3.63) is 42.6 Å². The Morgan fingerprint density at radius 3 is 2.50 bits per heavy atom. The fourth-order valence-corrected chi connectivity index (χ4v) is 1.37.